The number of benzene rings is 3. The smallest absolute Gasteiger partial charge is 0.235 e. The highest BCUT2D eigenvalue weighted by molar-refractivity contribution is 7.92. The number of aryl methyl sites for hydroxylation is 1. The Bertz CT molecular complexity index is 1040. The zero-order valence-electron chi connectivity index (χ0n) is 16.2. The van der Waals surface area contributed by atoms with Gasteiger partial charge in [0.15, 0.2) is 9.84 Å². The third-order valence-electron chi connectivity index (χ3n) is 4.55. The summed E-state index contributed by atoms with van der Waals surface area (Å²) in [6.45, 7) is 0.523. The summed E-state index contributed by atoms with van der Waals surface area (Å²) in [6.07, 6.45) is 1.18. The summed E-state index contributed by atoms with van der Waals surface area (Å²) >= 11 is 0. The van der Waals surface area contributed by atoms with Gasteiger partial charge in [0.25, 0.3) is 0 Å². The van der Waals surface area contributed by atoms with Gasteiger partial charge >= 0.3 is 0 Å². The van der Waals surface area contributed by atoms with Crippen LogP contribution in [0.3, 0.4) is 0 Å². The minimum Gasteiger partial charge on any atom is -0.491 e. The summed E-state index contributed by atoms with van der Waals surface area (Å²) in [7, 11) is -3.42. The average molecular weight is 412 g/mol. The molecule has 1 N–H and O–H groups in total. The lowest BCUT2D eigenvalue weighted by Gasteiger charge is -2.10. The molecule has 152 valence electrons. The van der Waals surface area contributed by atoms with Crippen molar-refractivity contribution in [3.05, 3.63) is 78.4 Å². The van der Waals surface area contributed by atoms with Crippen molar-refractivity contribution < 1.29 is 17.9 Å². The molecule has 1 amide bonds. The molecule has 3 rings (SSSR count). The summed E-state index contributed by atoms with van der Waals surface area (Å²) in [5.41, 5.74) is 1.10. The maximum Gasteiger partial charge on any atom is 0.235 e. The van der Waals surface area contributed by atoms with Crippen LogP contribution in [0, 0.1) is 0 Å². The first kappa shape index (κ1) is 20.9. The predicted octanol–water partition coefficient (Wildman–Crippen LogP) is 3.38. The largest absolute Gasteiger partial charge is 0.491 e. The summed E-state index contributed by atoms with van der Waals surface area (Å²) in [5, 5.41) is 4.70. The molecule has 0 atom stereocenters. The molecule has 0 radical (unpaired) electrons. The van der Waals surface area contributed by atoms with Crippen LogP contribution in [0.25, 0.3) is 10.8 Å². The Morgan fingerprint density at radius 3 is 2.45 bits per heavy atom. The fraction of sp³-hybridized carbons (Fsp3) is 0.261. The van der Waals surface area contributed by atoms with E-state index in [1.165, 1.54) is 0 Å². The molecule has 0 bridgehead atoms. The second kappa shape index (κ2) is 10.1. The third-order valence-corrected chi connectivity index (χ3v) is 6.16. The Morgan fingerprint density at radius 1 is 0.897 bits per heavy atom. The van der Waals surface area contributed by atoms with Crippen LogP contribution in [0.2, 0.25) is 0 Å². The Balaban J connectivity index is 1.39. The number of hydrogen-bond acceptors (Lipinski definition) is 4. The van der Waals surface area contributed by atoms with Gasteiger partial charge in [0.2, 0.25) is 5.91 Å². The van der Waals surface area contributed by atoms with E-state index < -0.39 is 21.5 Å². The van der Waals surface area contributed by atoms with Crippen LogP contribution in [0.5, 0.6) is 5.75 Å². The Hall–Kier alpha value is -2.86. The van der Waals surface area contributed by atoms with E-state index in [0.29, 0.717) is 12.8 Å². The van der Waals surface area contributed by atoms with E-state index in [1.807, 2.05) is 72.8 Å². The number of ether oxygens (including phenoxy) is 1. The maximum absolute atomic E-state index is 12.1. The first-order chi connectivity index (χ1) is 14.0. The van der Waals surface area contributed by atoms with Crippen molar-refractivity contribution in [2.24, 2.45) is 0 Å². The van der Waals surface area contributed by atoms with Gasteiger partial charge in [-0.15, -0.1) is 0 Å². The first-order valence-corrected chi connectivity index (χ1v) is 11.5. The van der Waals surface area contributed by atoms with E-state index in [4.69, 9.17) is 4.74 Å². The molecule has 29 heavy (non-hydrogen) atoms. The molecule has 0 aromatic heterocycles. The normalized spacial score (nSPS) is 11.3. The SMILES string of the molecule is O=C(CS(=O)(=O)CCCc1ccccc1)NCCOc1cccc2ccccc12. The number of rotatable bonds is 10. The number of amides is 1. The molecule has 0 spiro atoms. The molecule has 0 fully saturated rings. The van der Waals surface area contributed by atoms with Gasteiger partial charge in [-0.25, -0.2) is 8.42 Å². The van der Waals surface area contributed by atoms with Crippen LogP contribution < -0.4 is 10.1 Å². The van der Waals surface area contributed by atoms with Crippen molar-refractivity contribution in [1.82, 2.24) is 5.32 Å². The highest BCUT2D eigenvalue weighted by atomic mass is 32.2. The Labute approximate surface area is 171 Å². The zero-order valence-corrected chi connectivity index (χ0v) is 17.0. The van der Waals surface area contributed by atoms with Gasteiger partial charge in [0, 0.05) is 5.39 Å². The van der Waals surface area contributed by atoms with E-state index >= 15 is 0 Å². The van der Waals surface area contributed by atoms with Gasteiger partial charge < -0.3 is 10.1 Å². The molecule has 0 aliphatic rings. The van der Waals surface area contributed by atoms with Crippen LogP contribution in [-0.4, -0.2) is 39.0 Å². The zero-order chi connectivity index (χ0) is 20.5. The van der Waals surface area contributed by atoms with E-state index in [-0.39, 0.29) is 18.9 Å². The summed E-state index contributed by atoms with van der Waals surface area (Å²) in [5.74, 6) is -0.241. The molecule has 0 saturated heterocycles. The maximum atomic E-state index is 12.1. The summed E-state index contributed by atoms with van der Waals surface area (Å²) < 4.78 is 30.0. The minimum absolute atomic E-state index is 0.00180. The molecule has 3 aromatic carbocycles. The van der Waals surface area contributed by atoms with Crippen LogP contribution >= 0.6 is 0 Å². The van der Waals surface area contributed by atoms with Crippen LogP contribution in [-0.2, 0) is 21.1 Å². The average Bonchev–Trinajstić information content (AvgIpc) is 2.71. The van der Waals surface area contributed by atoms with E-state index in [1.54, 1.807) is 0 Å². The standard InChI is InChI=1S/C23H25NO4S/c25-23(18-29(26,27)17-7-10-19-8-2-1-3-9-19)24-15-16-28-22-14-6-12-20-11-4-5-13-21(20)22/h1-6,8-9,11-14H,7,10,15-18H2,(H,24,25). The Kier molecular flexibility index (Phi) is 7.25. The van der Waals surface area contributed by atoms with E-state index in [2.05, 4.69) is 5.32 Å². The van der Waals surface area contributed by atoms with Gasteiger partial charge in [-0.2, -0.15) is 0 Å². The van der Waals surface area contributed by atoms with E-state index in [9.17, 15) is 13.2 Å². The molecular formula is C23H25NO4S. The molecule has 0 aliphatic heterocycles. The lowest BCUT2D eigenvalue weighted by molar-refractivity contribution is -0.118. The number of carbonyl (C=O) groups excluding carboxylic acids is 1. The van der Waals surface area contributed by atoms with Gasteiger partial charge in [-0.3, -0.25) is 4.79 Å². The molecule has 5 nitrogen and oxygen atoms in total. The molecule has 3 aromatic rings. The minimum atomic E-state index is -3.42. The van der Waals surface area contributed by atoms with Crippen molar-refractivity contribution in [2.45, 2.75) is 12.8 Å². The molecule has 0 heterocycles. The van der Waals surface area contributed by atoms with Crippen molar-refractivity contribution in [3.8, 4) is 5.75 Å². The number of nitrogens with one attached hydrogen (secondary N) is 1. The fourth-order valence-corrected chi connectivity index (χ4v) is 4.37. The fourth-order valence-electron chi connectivity index (χ4n) is 3.14. The summed E-state index contributed by atoms with van der Waals surface area (Å²) in [6, 6.07) is 23.4. The quantitative estimate of drug-likeness (QED) is 0.519. The van der Waals surface area contributed by atoms with Gasteiger partial charge in [-0.05, 0) is 29.9 Å². The van der Waals surface area contributed by atoms with E-state index in [0.717, 1.165) is 22.1 Å². The molecule has 0 unspecified atom stereocenters. The molecule has 0 saturated carbocycles. The highest BCUT2D eigenvalue weighted by Crippen LogP contribution is 2.24. The van der Waals surface area contributed by atoms with Gasteiger partial charge in [0.05, 0.1) is 12.3 Å². The van der Waals surface area contributed by atoms with Crippen molar-refractivity contribution >= 4 is 26.5 Å². The first-order valence-electron chi connectivity index (χ1n) is 9.65. The second-order valence-corrected chi connectivity index (χ2v) is 9.04. The van der Waals surface area contributed by atoms with Gasteiger partial charge in [0.1, 0.15) is 18.1 Å². The molecular weight excluding hydrogens is 386 g/mol. The monoisotopic (exact) mass is 411 g/mol. The lowest BCUT2D eigenvalue weighted by Crippen LogP contribution is -2.34. The van der Waals surface area contributed by atoms with Crippen LogP contribution in [0.15, 0.2) is 72.8 Å². The number of fused-ring (bicyclic) bond motifs is 1. The lowest BCUT2D eigenvalue weighted by atomic mass is 10.1. The molecule has 6 heteroatoms. The molecule has 0 aliphatic carbocycles. The van der Waals surface area contributed by atoms with Crippen molar-refractivity contribution in [2.75, 3.05) is 24.7 Å². The van der Waals surface area contributed by atoms with Crippen LogP contribution in [0.4, 0.5) is 0 Å². The van der Waals surface area contributed by atoms with Crippen LogP contribution in [0.1, 0.15) is 12.0 Å². The number of carbonyl (C=O) groups is 1. The predicted molar refractivity (Wildman–Crippen MR) is 116 cm³/mol. The second-order valence-electron chi connectivity index (χ2n) is 6.86. The summed E-state index contributed by atoms with van der Waals surface area (Å²) in [4.78, 5) is 12.0. The third kappa shape index (κ3) is 6.61. The van der Waals surface area contributed by atoms with Crippen molar-refractivity contribution in [3.63, 3.8) is 0 Å². The highest BCUT2D eigenvalue weighted by Gasteiger charge is 2.16. The van der Waals surface area contributed by atoms with Gasteiger partial charge in [-0.1, -0.05) is 66.7 Å². The Morgan fingerprint density at radius 2 is 1.62 bits per heavy atom. The number of sulfone groups is 1. The van der Waals surface area contributed by atoms with Crippen molar-refractivity contribution in [1.29, 1.82) is 0 Å². The topological polar surface area (TPSA) is 72.5 Å². The number of hydrogen-bond donors (Lipinski definition) is 1.